The van der Waals surface area contributed by atoms with Gasteiger partial charge >= 0.3 is 6.18 Å². The Kier molecular flexibility index (Phi) is 7.05. The van der Waals surface area contributed by atoms with E-state index in [9.17, 15) is 18.0 Å². The highest BCUT2D eigenvalue weighted by Crippen LogP contribution is 2.45. The third-order valence-corrected chi connectivity index (χ3v) is 6.00. The Hall–Kier alpha value is -4.20. The molecule has 188 valence electrons. The van der Waals surface area contributed by atoms with Crippen molar-refractivity contribution in [2.24, 2.45) is 0 Å². The van der Waals surface area contributed by atoms with Crippen molar-refractivity contribution in [3.05, 3.63) is 65.4 Å². The number of carbonyl (C=O) groups excluding carboxylic acids is 1. The lowest BCUT2D eigenvalue weighted by Crippen LogP contribution is -2.36. The average molecular weight is 499 g/mol. The van der Waals surface area contributed by atoms with Gasteiger partial charge in [0.2, 0.25) is 0 Å². The summed E-state index contributed by atoms with van der Waals surface area (Å²) in [5, 5.41) is 18.5. The molecule has 0 saturated carbocycles. The molecule has 4 rings (SSSR count). The molecular formula is C25H24F3N5O3. The SMILES string of the molecule is COc1ccc(C2CC(C(F)(F)F)n3ncc(C(=O)Nc4cccc(CCC#N)c4)c3N2)cc1OC. The van der Waals surface area contributed by atoms with Crippen LogP contribution < -0.4 is 20.1 Å². The lowest BCUT2D eigenvalue weighted by Gasteiger charge is -2.34. The number of halogens is 3. The Balaban J connectivity index is 1.65. The van der Waals surface area contributed by atoms with E-state index >= 15 is 0 Å². The molecule has 2 aromatic carbocycles. The largest absolute Gasteiger partial charge is 0.493 e. The first kappa shape index (κ1) is 24.9. The van der Waals surface area contributed by atoms with Crippen LogP contribution in [-0.2, 0) is 6.42 Å². The summed E-state index contributed by atoms with van der Waals surface area (Å²) >= 11 is 0. The normalized spacial score (nSPS) is 16.9. The number of ether oxygens (including phenoxy) is 2. The fraction of sp³-hybridized carbons (Fsp3) is 0.320. The summed E-state index contributed by atoms with van der Waals surface area (Å²) in [6.45, 7) is 0. The molecule has 2 N–H and O–H groups in total. The lowest BCUT2D eigenvalue weighted by molar-refractivity contribution is -0.173. The Bertz CT molecular complexity index is 1300. The summed E-state index contributed by atoms with van der Waals surface area (Å²) in [6.07, 6.45) is -2.93. The molecule has 0 bridgehead atoms. The summed E-state index contributed by atoms with van der Waals surface area (Å²) in [4.78, 5) is 13.1. The second-order valence-corrected chi connectivity index (χ2v) is 8.27. The first-order valence-electron chi connectivity index (χ1n) is 11.1. The molecule has 2 unspecified atom stereocenters. The van der Waals surface area contributed by atoms with Crippen molar-refractivity contribution in [1.29, 1.82) is 5.26 Å². The molecule has 3 aromatic rings. The monoisotopic (exact) mass is 499 g/mol. The molecule has 1 amide bonds. The van der Waals surface area contributed by atoms with Gasteiger partial charge in [-0.2, -0.15) is 23.5 Å². The van der Waals surface area contributed by atoms with E-state index in [1.54, 1.807) is 36.4 Å². The summed E-state index contributed by atoms with van der Waals surface area (Å²) in [6, 6.07) is 11.2. The van der Waals surface area contributed by atoms with E-state index in [4.69, 9.17) is 14.7 Å². The van der Waals surface area contributed by atoms with Crippen LogP contribution in [0.5, 0.6) is 11.5 Å². The third-order valence-electron chi connectivity index (χ3n) is 6.00. The van der Waals surface area contributed by atoms with Crippen molar-refractivity contribution in [2.75, 3.05) is 24.9 Å². The molecule has 0 aliphatic carbocycles. The minimum Gasteiger partial charge on any atom is -0.493 e. The number of methoxy groups -OCH3 is 2. The van der Waals surface area contributed by atoms with Crippen molar-refractivity contribution in [2.45, 2.75) is 37.5 Å². The number of amides is 1. The van der Waals surface area contributed by atoms with E-state index in [0.717, 1.165) is 16.4 Å². The molecule has 0 saturated heterocycles. The highest BCUT2D eigenvalue weighted by molar-refractivity contribution is 6.07. The van der Waals surface area contributed by atoms with Gasteiger partial charge in [0, 0.05) is 18.5 Å². The predicted molar refractivity (Wildman–Crippen MR) is 126 cm³/mol. The maximum absolute atomic E-state index is 14.0. The van der Waals surface area contributed by atoms with Gasteiger partial charge in [-0.05, 0) is 41.8 Å². The van der Waals surface area contributed by atoms with Crippen LogP contribution in [0.2, 0.25) is 0 Å². The van der Waals surface area contributed by atoms with Gasteiger partial charge in [0.05, 0.1) is 32.5 Å². The Labute approximate surface area is 205 Å². The zero-order chi connectivity index (χ0) is 25.9. The fourth-order valence-corrected chi connectivity index (χ4v) is 4.22. The van der Waals surface area contributed by atoms with Crippen molar-refractivity contribution >= 4 is 17.4 Å². The second-order valence-electron chi connectivity index (χ2n) is 8.27. The number of nitriles is 1. The number of fused-ring (bicyclic) bond motifs is 1. The number of rotatable bonds is 7. The highest BCUT2D eigenvalue weighted by atomic mass is 19.4. The van der Waals surface area contributed by atoms with E-state index < -0.39 is 24.2 Å². The summed E-state index contributed by atoms with van der Waals surface area (Å²) in [5.74, 6) is 0.205. The van der Waals surface area contributed by atoms with Crippen LogP contribution in [0, 0.1) is 11.3 Å². The molecule has 1 aliphatic heterocycles. The highest BCUT2D eigenvalue weighted by Gasteiger charge is 2.47. The number of alkyl halides is 3. The Morgan fingerprint density at radius 2 is 2.00 bits per heavy atom. The average Bonchev–Trinajstić information content (AvgIpc) is 3.30. The van der Waals surface area contributed by atoms with Gasteiger partial charge in [0.15, 0.2) is 17.5 Å². The number of hydrogen-bond donors (Lipinski definition) is 2. The number of nitrogens with zero attached hydrogens (tertiary/aromatic N) is 3. The zero-order valence-corrected chi connectivity index (χ0v) is 19.6. The number of carbonyl (C=O) groups is 1. The van der Waals surface area contributed by atoms with E-state index in [2.05, 4.69) is 21.8 Å². The van der Waals surface area contributed by atoms with E-state index in [0.29, 0.717) is 35.6 Å². The predicted octanol–water partition coefficient (Wildman–Crippen LogP) is 5.27. The van der Waals surface area contributed by atoms with Crippen molar-refractivity contribution in [3.8, 4) is 17.6 Å². The van der Waals surface area contributed by atoms with Gasteiger partial charge in [0.1, 0.15) is 11.4 Å². The molecule has 1 aromatic heterocycles. The smallest absolute Gasteiger partial charge is 0.410 e. The number of nitrogens with one attached hydrogen (secondary N) is 2. The molecule has 0 fully saturated rings. The molecular weight excluding hydrogens is 475 g/mol. The van der Waals surface area contributed by atoms with Crippen LogP contribution in [0.3, 0.4) is 0 Å². The molecule has 36 heavy (non-hydrogen) atoms. The number of hydrogen-bond acceptors (Lipinski definition) is 6. The Morgan fingerprint density at radius 3 is 2.69 bits per heavy atom. The van der Waals surface area contributed by atoms with Gasteiger partial charge in [-0.3, -0.25) is 4.79 Å². The maximum Gasteiger partial charge on any atom is 0.410 e. The summed E-state index contributed by atoms with van der Waals surface area (Å²) in [5.41, 5.74) is 1.85. The minimum atomic E-state index is -4.58. The maximum atomic E-state index is 14.0. The minimum absolute atomic E-state index is 0.0168. The summed E-state index contributed by atoms with van der Waals surface area (Å²) < 4.78 is 53.4. The topological polar surface area (TPSA) is 101 Å². The molecule has 2 heterocycles. The fourth-order valence-electron chi connectivity index (χ4n) is 4.22. The van der Waals surface area contributed by atoms with E-state index in [1.165, 1.54) is 14.2 Å². The van der Waals surface area contributed by atoms with Crippen LogP contribution in [0.25, 0.3) is 0 Å². The molecule has 0 spiro atoms. The number of aryl methyl sites for hydroxylation is 1. The van der Waals surface area contributed by atoms with Crippen molar-refractivity contribution < 1.29 is 27.4 Å². The Morgan fingerprint density at radius 1 is 1.22 bits per heavy atom. The van der Waals surface area contributed by atoms with E-state index in [-0.39, 0.29) is 17.8 Å². The van der Waals surface area contributed by atoms with Gasteiger partial charge in [0.25, 0.3) is 5.91 Å². The number of aromatic nitrogens is 2. The number of anilines is 2. The molecule has 11 heteroatoms. The van der Waals surface area contributed by atoms with Gasteiger partial charge in [-0.1, -0.05) is 18.2 Å². The van der Waals surface area contributed by atoms with Gasteiger partial charge in [-0.25, -0.2) is 4.68 Å². The van der Waals surface area contributed by atoms with Crippen LogP contribution in [-0.4, -0.2) is 36.1 Å². The second kappa shape index (κ2) is 10.2. The standard InChI is InChI=1S/C25H24F3N5O3/c1-35-20-9-8-16(12-21(20)36-2)19-13-22(25(26,27)28)33-23(32-19)18(14-30-33)24(34)31-17-7-3-5-15(11-17)6-4-10-29/h3,5,7-9,11-12,14,19,22,32H,4,6,13H2,1-2H3,(H,31,34). The lowest BCUT2D eigenvalue weighted by atomic mass is 9.96. The molecule has 0 radical (unpaired) electrons. The van der Waals surface area contributed by atoms with Crippen LogP contribution in [0.15, 0.2) is 48.7 Å². The van der Waals surface area contributed by atoms with Crippen molar-refractivity contribution in [3.63, 3.8) is 0 Å². The summed E-state index contributed by atoms with van der Waals surface area (Å²) in [7, 11) is 2.92. The van der Waals surface area contributed by atoms with Crippen LogP contribution in [0.4, 0.5) is 24.7 Å². The van der Waals surface area contributed by atoms with Gasteiger partial charge in [-0.15, -0.1) is 0 Å². The third kappa shape index (κ3) is 5.07. The first-order chi connectivity index (χ1) is 17.2. The molecule has 1 aliphatic rings. The first-order valence-corrected chi connectivity index (χ1v) is 11.1. The molecule has 8 nitrogen and oxygen atoms in total. The molecule has 2 atom stereocenters. The zero-order valence-electron chi connectivity index (χ0n) is 19.6. The van der Waals surface area contributed by atoms with Crippen LogP contribution >= 0.6 is 0 Å². The van der Waals surface area contributed by atoms with E-state index in [1.807, 2.05) is 6.07 Å². The van der Waals surface area contributed by atoms with Crippen LogP contribution in [0.1, 0.15) is 46.4 Å². The van der Waals surface area contributed by atoms with Crippen molar-refractivity contribution in [1.82, 2.24) is 9.78 Å². The quantitative estimate of drug-likeness (QED) is 0.459. The van der Waals surface area contributed by atoms with Gasteiger partial charge < -0.3 is 20.1 Å². The number of benzene rings is 2.